The number of ether oxygens (including phenoxy) is 1. The SMILES string of the molecule is COCC(C)N1CC(C(=O)Nc2cc(Cl)ccc2C)CC1=O. The number of nitrogens with one attached hydrogen (secondary N) is 1. The van der Waals surface area contributed by atoms with E-state index in [-0.39, 0.29) is 30.2 Å². The fourth-order valence-corrected chi connectivity index (χ4v) is 2.80. The lowest BCUT2D eigenvalue weighted by atomic mass is 10.1. The van der Waals surface area contributed by atoms with Gasteiger partial charge in [0.25, 0.3) is 0 Å². The molecule has 2 atom stereocenters. The average molecular weight is 325 g/mol. The van der Waals surface area contributed by atoms with Crippen molar-refractivity contribution < 1.29 is 14.3 Å². The molecule has 0 aliphatic carbocycles. The summed E-state index contributed by atoms with van der Waals surface area (Å²) in [4.78, 5) is 26.1. The number of amides is 2. The molecule has 1 aromatic rings. The maximum Gasteiger partial charge on any atom is 0.229 e. The molecule has 0 radical (unpaired) electrons. The van der Waals surface area contributed by atoms with E-state index in [1.54, 1.807) is 24.1 Å². The molecule has 1 fully saturated rings. The number of halogens is 1. The van der Waals surface area contributed by atoms with Gasteiger partial charge in [0, 0.05) is 30.8 Å². The predicted molar refractivity (Wildman–Crippen MR) is 86.0 cm³/mol. The molecule has 0 saturated carbocycles. The van der Waals surface area contributed by atoms with E-state index in [0.29, 0.717) is 23.9 Å². The van der Waals surface area contributed by atoms with Gasteiger partial charge in [-0.05, 0) is 31.5 Å². The molecule has 1 aliphatic heterocycles. The van der Waals surface area contributed by atoms with Gasteiger partial charge < -0.3 is 15.0 Å². The molecule has 0 aromatic heterocycles. The third-order valence-corrected chi connectivity index (χ3v) is 4.16. The summed E-state index contributed by atoms with van der Waals surface area (Å²) in [7, 11) is 1.60. The van der Waals surface area contributed by atoms with Crippen molar-refractivity contribution in [2.45, 2.75) is 26.3 Å². The van der Waals surface area contributed by atoms with E-state index >= 15 is 0 Å². The number of methoxy groups -OCH3 is 1. The molecule has 2 rings (SSSR count). The predicted octanol–water partition coefficient (Wildman–Crippen LogP) is 2.47. The molecule has 1 heterocycles. The van der Waals surface area contributed by atoms with Gasteiger partial charge in [0.05, 0.1) is 18.6 Å². The second-order valence-electron chi connectivity index (χ2n) is 5.70. The van der Waals surface area contributed by atoms with Crippen molar-refractivity contribution in [2.75, 3.05) is 25.6 Å². The topological polar surface area (TPSA) is 58.6 Å². The summed E-state index contributed by atoms with van der Waals surface area (Å²) in [6, 6.07) is 5.32. The Kier molecular flexibility index (Phi) is 5.42. The van der Waals surface area contributed by atoms with Crippen LogP contribution < -0.4 is 5.32 Å². The molecule has 22 heavy (non-hydrogen) atoms. The van der Waals surface area contributed by atoms with E-state index in [4.69, 9.17) is 16.3 Å². The van der Waals surface area contributed by atoms with Gasteiger partial charge in [-0.25, -0.2) is 0 Å². The Hall–Kier alpha value is -1.59. The number of nitrogens with zero attached hydrogens (tertiary/aromatic N) is 1. The summed E-state index contributed by atoms with van der Waals surface area (Å²) in [5.41, 5.74) is 1.63. The zero-order chi connectivity index (χ0) is 16.3. The molecule has 120 valence electrons. The summed E-state index contributed by atoms with van der Waals surface area (Å²) in [5.74, 6) is -0.497. The highest BCUT2D eigenvalue weighted by Gasteiger charge is 2.36. The van der Waals surface area contributed by atoms with Gasteiger partial charge in [0.2, 0.25) is 11.8 Å². The number of carbonyl (C=O) groups is 2. The number of aryl methyl sites for hydroxylation is 1. The smallest absolute Gasteiger partial charge is 0.229 e. The van der Waals surface area contributed by atoms with Crippen LogP contribution in [0.4, 0.5) is 5.69 Å². The maximum absolute atomic E-state index is 12.4. The summed E-state index contributed by atoms with van der Waals surface area (Å²) in [6.07, 6.45) is 0.236. The van der Waals surface area contributed by atoms with Crippen LogP contribution in [0, 0.1) is 12.8 Å². The molecule has 5 nitrogen and oxygen atoms in total. The molecular formula is C16H21ClN2O3. The van der Waals surface area contributed by atoms with Gasteiger partial charge >= 0.3 is 0 Å². The zero-order valence-corrected chi connectivity index (χ0v) is 13.8. The minimum atomic E-state index is -0.342. The van der Waals surface area contributed by atoms with Crippen molar-refractivity contribution in [1.29, 1.82) is 0 Å². The van der Waals surface area contributed by atoms with Crippen LogP contribution in [0.3, 0.4) is 0 Å². The molecule has 1 aromatic carbocycles. The summed E-state index contributed by atoms with van der Waals surface area (Å²) >= 11 is 5.96. The Morgan fingerprint density at radius 1 is 1.55 bits per heavy atom. The molecule has 2 unspecified atom stereocenters. The van der Waals surface area contributed by atoms with Crippen molar-refractivity contribution >= 4 is 29.1 Å². The van der Waals surface area contributed by atoms with E-state index in [1.165, 1.54) is 0 Å². The number of carbonyl (C=O) groups excluding carboxylic acids is 2. The third kappa shape index (κ3) is 3.78. The Morgan fingerprint density at radius 3 is 2.95 bits per heavy atom. The van der Waals surface area contributed by atoms with Crippen molar-refractivity contribution in [3.05, 3.63) is 28.8 Å². The average Bonchev–Trinajstić information content (AvgIpc) is 2.85. The van der Waals surface area contributed by atoms with E-state index in [1.807, 2.05) is 19.9 Å². The number of likely N-dealkylation sites (tertiary alicyclic amines) is 1. The zero-order valence-electron chi connectivity index (χ0n) is 13.1. The van der Waals surface area contributed by atoms with Gasteiger partial charge in [-0.1, -0.05) is 17.7 Å². The van der Waals surface area contributed by atoms with E-state index in [0.717, 1.165) is 5.56 Å². The Balaban J connectivity index is 2.02. The van der Waals surface area contributed by atoms with Crippen molar-refractivity contribution in [2.24, 2.45) is 5.92 Å². The van der Waals surface area contributed by atoms with Crippen molar-refractivity contribution in [3.63, 3.8) is 0 Å². The second-order valence-corrected chi connectivity index (χ2v) is 6.14. The van der Waals surface area contributed by atoms with Gasteiger partial charge in [-0.15, -0.1) is 0 Å². The van der Waals surface area contributed by atoms with Crippen LogP contribution in [0.5, 0.6) is 0 Å². The molecule has 2 amide bonds. The Bertz CT molecular complexity index is 577. The van der Waals surface area contributed by atoms with Crippen molar-refractivity contribution in [3.8, 4) is 0 Å². The fraction of sp³-hybridized carbons (Fsp3) is 0.500. The van der Waals surface area contributed by atoms with Gasteiger partial charge in [0.15, 0.2) is 0 Å². The molecule has 1 saturated heterocycles. The summed E-state index contributed by atoms with van der Waals surface area (Å²) < 4.78 is 5.08. The van der Waals surface area contributed by atoms with Crippen LogP contribution in [-0.2, 0) is 14.3 Å². The van der Waals surface area contributed by atoms with E-state index in [9.17, 15) is 9.59 Å². The van der Waals surface area contributed by atoms with E-state index < -0.39 is 0 Å². The molecule has 6 heteroatoms. The molecule has 0 spiro atoms. The lowest BCUT2D eigenvalue weighted by molar-refractivity contribution is -0.130. The molecule has 1 aliphatic rings. The second kappa shape index (κ2) is 7.11. The van der Waals surface area contributed by atoms with Crippen LogP contribution in [0.2, 0.25) is 5.02 Å². The fourth-order valence-electron chi connectivity index (χ4n) is 2.63. The molecule has 0 bridgehead atoms. The first-order valence-corrected chi connectivity index (χ1v) is 7.65. The standard InChI is InChI=1S/C16H21ClN2O3/c1-10-4-5-13(17)7-14(10)18-16(21)12-6-15(20)19(8-12)11(2)9-22-3/h4-5,7,11-12H,6,8-9H2,1-3H3,(H,18,21). The van der Waals surface area contributed by atoms with Crippen LogP contribution in [0.25, 0.3) is 0 Å². The largest absolute Gasteiger partial charge is 0.383 e. The van der Waals surface area contributed by atoms with E-state index in [2.05, 4.69) is 5.32 Å². The normalized spacial score (nSPS) is 19.4. The number of benzene rings is 1. The third-order valence-electron chi connectivity index (χ3n) is 3.93. The summed E-state index contributed by atoms with van der Waals surface area (Å²) in [6.45, 7) is 4.71. The number of anilines is 1. The first-order valence-electron chi connectivity index (χ1n) is 7.27. The minimum Gasteiger partial charge on any atom is -0.383 e. The highest BCUT2D eigenvalue weighted by molar-refractivity contribution is 6.31. The van der Waals surface area contributed by atoms with Crippen LogP contribution in [-0.4, -0.2) is 43.0 Å². The first kappa shape index (κ1) is 16.8. The van der Waals surface area contributed by atoms with Crippen LogP contribution >= 0.6 is 11.6 Å². The Labute approximate surface area is 135 Å². The lowest BCUT2D eigenvalue weighted by Gasteiger charge is -2.24. The highest BCUT2D eigenvalue weighted by atomic mass is 35.5. The monoisotopic (exact) mass is 324 g/mol. The van der Waals surface area contributed by atoms with Crippen LogP contribution in [0.15, 0.2) is 18.2 Å². The quantitative estimate of drug-likeness (QED) is 0.905. The van der Waals surface area contributed by atoms with Gasteiger partial charge in [-0.2, -0.15) is 0 Å². The maximum atomic E-state index is 12.4. The first-order chi connectivity index (χ1) is 10.4. The number of rotatable bonds is 5. The van der Waals surface area contributed by atoms with Crippen LogP contribution in [0.1, 0.15) is 18.9 Å². The molecule has 1 N–H and O–H groups in total. The summed E-state index contributed by atoms with van der Waals surface area (Å²) in [5, 5.41) is 3.44. The Morgan fingerprint density at radius 2 is 2.27 bits per heavy atom. The highest BCUT2D eigenvalue weighted by Crippen LogP contribution is 2.24. The molecular weight excluding hydrogens is 304 g/mol. The van der Waals surface area contributed by atoms with Gasteiger partial charge in [0.1, 0.15) is 0 Å². The number of hydrogen-bond donors (Lipinski definition) is 1. The van der Waals surface area contributed by atoms with Gasteiger partial charge in [-0.3, -0.25) is 9.59 Å². The minimum absolute atomic E-state index is 0.00693. The number of hydrogen-bond acceptors (Lipinski definition) is 3. The van der Waals surface area contributed by atoms with Crippen molar-refractivity contribution in [1.82, 2.24) is 4.90 Å². The lowest BCUT2D eigenvalue weighted by Crippen LogP contribution is -2.38.